The largest absolute Gasteiger partial charge is 0.496 e. The third-order valence-electron chi connectivity index (χ3n) is 2.84. The molecule has 0 unspecified atom stereocenters. The van der Waals surface area contributed by atoms with Crippen LogP contribution in [0, 0.1) is 0 Å². The van der Waals surface area contributed by atoms with Crippen LogP contribution >= 0.6 is 23.2 Å². The summed E-state index contributed by atoms with van der Waals surface area (Å²) in [6.45, 7) is 0. The standard InChI is InChI=1S/C15H12Cl2O3/c1-20-14-5-2-9(7-15(18)19)6-12(14)11-4-3-10(16)8-13(11)17/h2-6,8H,7H2,1H3,(H,18,19). The zero-order valence-corrected chi connectivity index (χ0v) is 12.2. The van der Waals surface area contributed by atoms with Crippen LogP contribution in [0.5, 0.6) is 5.75 Å². The molecule has 20 heavy (non-hydrogen) atoms. The number of hydrogen-bond donors (Lipinski definition) is 1. The van der Waals surface area contributed by atoms with Crippen LogP contribution in [0.15, 0.2) is 36.4 Å². The number of carboxylic acids is 1. The van der Waals surface area contributed by atoms with E-state index in [1.54, 1.807) is 43.5 Å². The second kappa shape index (κ2) is 6.16. The first-order valence-electron chi connectivity index (χ1n) is 5.85. The molecule has 0 heterocycles. The molecule has 1 N–H and O–H groups in total. The zero-order valence-electron chi connectivity index (χ0n) is 10.7. The maximum absolute atomic E-state index is 10.8. The predicted octanol–water partition coefficient (Wildman–Crippen LogP) is 4.30. The molecule has 0 radical (unpaired) electrons. The van der Waals surface area contributed by atoms with Gasteiger partial charge in [0.2, 0.25) is 0 Å². The second-order valence-corrected chi connectivity index (χ2v) is 5.07. The minimum atomic E-state index is -0.886. The molecule has 0 aromatic heterocycles. The van der Waals surface area contributed by atoms with E-state index in [0.29, 0.717) is 21.4 Å². The Labute approximate surface area is 126 Å². The lowest BCUT2D eigenvalue weighted by Gasteiger charge is -2.12. The van der Waals surface area contributed by atoms with E-state index >= 15 is 0 Å². The Morgan fingerprint density at radius 3 is 2.50 bits per heavy atom. The van der Waals surface area contributed by atoms with Crippen molar-refractivity contribution in [2.45, 2.75) is 6.42 Å². The first-order chi connectivity index (χ1) is 9.51. The number of carbonyl (C=O) groups is 1. The Kier molecular flexibility index (Phi) is 4.53. The van der Waals surface area contributed by atoms with Crippen molar-refractivity contribution in [2.24, 2.45) is 0 Å². The number of halogens is 2. The van der Waals surface area contributed by atoms with E-state index in [-0.39, 0.29) is 6.42 Å². The van der Waals surface area contributed by atoms with E-state index in [4.69, 9.17) is 33.0 Å². The molecule has 3 nitrogen and oxygen atoms in total. The topological polar surface area (TPSA) is 46.5 Å². The van der Waals surface area contributed by atoms with E-state index < -0.39 is 5.97 Å². The SMILES string of the molecule is COc1ccc(CC(=O)O)cc1-c1ccc(Cl)cc1Cl. The number of rotatable bonds is 4. The number of benzene rings is 2. The zero-order chi connectivity index (χ0) is 14.7. The van der Waals surface area contributed by atoms with E-state index in [1.165, 1.54) is 0 Å². The summed E-state index contributed by atoms with van der Waals surface area (Å²) in [5.74, 6) is -0.258. The maximum Gasteiger partial charge on any atom is 0.307 e. The molecule has 2 aromatic carbocycles. The first-order valence-corrected chi connectivity index (χ1v) is 6.61. The van der Waals surface area contributed by atoms with Gasteiger partial charge in [0.25, 0.3) is 0 Å². The van der Waals surface area contributed by atoms with Crippen molar-refractivity contribution in [1.29, 1.82) is 0 Å². The fourth-order valence-corrected chi connectivity index (χ4v) is 2.47. The molecule has 0 saturated carbocycles. The third-order valence-corrected chi connectivity index (χ3v) is 3.39. The summed E-state index contributed by atoms with van der Waals surface area (Å²) in [5, 5.41) is 9.90. The van der Waals surface area contributed by atoms with Crippen LogP contribution in [0.3, 0.4) is 0 Å². The van der Waals surface area contributed by atoms with Gasteiger partial charge in [-0.3, -0.25) is 4.79 Å². The molecular weight excluding hydrogens is 299 g/mol. The predicted molar refractivity (Wildman–Crippen MR) is 79.8 cm³/mol. The highest BCUT2D eigenvalue weighted by Gasteiger charge is 2.12. The van der Waals surface area contributed by atoms with Gasteiger partial charge in [-0.25, -0.2) is 0 Å². The van der Waals surface area contributed by atoms with Gasteiger partial charge in [0.1, 0.15) is 5.75 Å². The summed E-state index contributed by atoms with van der Waals surface area (Å²) in [6.07, 6.45) is -0.0534. The van der Waals surface area contributed by atoms with Gasteiger partial charge in [0, 0.05) is 16.1 Å². The van der Waals surface area contributed by atoms with Gasteiger partial charge in [-0.15, -0.1) is 0 Å². The minimum absolute atomic E-state index is 0.0534. The minimum Gasteiger partial charge on any atom is -0.496 e. The monoisotopic (exact) mass is 310 g/mol. The quantitative estimate of drug-likeness (QED) is 0.916. The van der Waals surface area contributed by atoms with Crippen LogP contribution < -0.4 is 4.74 Å². The van der Waals surface area contributed by atoms with E-state index in [2.05, 4.69) is 0 Å². The number of ether oxygens (including phenoxy) is 1. The molecule has 0 bridgehead atoms. The average molecular weight is 311 g/mol. The maximum atomic E-state index is 10.8. The number of aliphatic carboxylic acids is 1. The lowest BCUT2D eigenvalue weighted by molar-refractivity contribution is -0.136. The molecule has 2 rings (SSSR count). The van der Waals surface area contributed by atoms with Crippen molar-refractivity contribution in [1.82, 2.24) is 0 Å². The lowest BCUT2D eigenvalue weighted by Crippen LogP contribution is -2.00. The van der Waals surface area contributed by atoms with Crippen LogP contribution in [-0.4, -0.2) is 18.2 Å². The van der Waals surface area contributed by atoms with Crippen LogP contribution in [0.1, 0.15) is 5.56 Å². The second-order valence-electron chi connectivity index (χ2n) is 4.23. The molecule has 0 spiro atoms. The van der Waals surface area contributed by atoms with E-state index in [9.17, 15) is 4.79 Å². The highest BCUT2D eigenvalue weighted by Crippen LogP contribution is 2.36. The number of hydrogen-bond acceptors (Lipinski definition) is 2. The summed E-state index contributed by atoms with van der Waals surface area (Å²) < 4.78 is 5.31. The van der Waals surface area contributed by atoms with Gasteiger partial charge in [0.15, 0.2) is 0 Å². The van der Waals surface area contributed by atoms with Crippen molar-refractivity contribution in [3.05, 3.63) is 52.0 Å². The fourth-order valence-electron chi connectivity index (χ4n) is 1.96. The molecule has 0 atom stereocenters. The smallest absolute Gasteiger partial charge is 0.307 e. The summed E-state index contributed by atoms with van der Waals surface area (Å²) in [5.41, 5.74) is 2.17. The van der Waals surface area contributed by atoms with Gasteiger partial charge < -0.3 is 9.84 Å². The van der Waals surface area contributed by atoms with E-state index in [1.807, 2.05) is 0 Å². The van der Waals surface area contributed by atoms with Crippen molar-refractivity contribution in [2.75, 3.05) is 7.11 Å². The molecule has 0 aliphatic rings. The molecular formula is C15H12Cl2O3. The summed E-state index contributed by atoms with van der Waals surface area (Å²) in [7, 11) is 1.56. The van der Waals surface area contributed by atoms with E-state index in [0.717, 1.165) is 11.1 Å². The molecule has 0 amide bonds. The highest BCUT2D eigenvalue weighted by atomic mass is 35.5. The number of methoxy groups -OCH3 is 1. The Morgan fingerprint density at radius 1 is 1.15 bits per heavy atom. The van der Waals surface area contributed by atoms with Crippen molar-refractivity contribution >= 4 is 29.2 Å². The fraction of sp³-hybridized carbons (Fsp3) is 0.133. The van der Waals surface area contributed by atoms with Crippen molar-refractivity contribution in [3.8, 4) is 16.9 Å². The normalized spacial score (nSPS) is 10.3. The number of carboxylic acid groups (broad SMARTS) is 1. The molecule has 5 heteroatoms. The van der Waals surface area contributed by atoms with Crippen LogP contribution in [0.2, 0.25) is 10.0 Å². The Bertz CT molecular complexity index is 654. The Hall–Kier alpha value is -1.71. The van der Waals surface area contributed by atoms with Crippen LogP contribution in [0.25, 0.3) is 11.1 Å². The van der Waals surface area contributed by atoms with Crippen molar-refractivity contribution in [3.63, 3.8) is 0 Å². The van der Waals surface area contributed by atoms with Gasteiger partial charge in [-0.05, 0) is 29.8 Å². The molecule has 0 fully saturated rings. The summed E-state index contributed by atoms with van der Waals surface area (Å²) in [6, 6.07) is 10.4. The molecule has 2 aromatic rings. The molecule has 0 saturated heterocycles. The first kappa shape index (κ1) is 14.7. The molecule has 0 aliphatic heterocycles. The highest BCUT2D eigenvalue weighted by molar-refractivity contribution is 6.36. The third kappa shape index (κ3) is 3.24. The summed E-state index contributed by atoms with van der Waals surface area (Å²) in [4.78, 5) is 10.8. The van der Waals surface area contributed by atoms with Crippen molar-refractivity contribution < 1.29 is 14.6 Å². The van der Waals surface area contributed by atoms with Crippen LogP contribution in [0.4, 0.5) is 0 Å². The van der Waals surface area contributed by atoms with Crippen LogP contribution in [-0.2, 0) is 11.2 Å². The summed E-state index contributed by atoms with van der Waals surface area (Å²) >= 11 is 12.1. The van der Waals surface area contributed by atoms with Gasteiger partial charge in [-0.1, -0.05) is 35.3 Å². The van der Waals surface area contributed by atoms with Gasteiger partial charge in [0.05, 0.1) is 18.6 Å². The Balaban J connectivity index is 2.55. The lowest BCUT2D eigenvalue weighted by atomic mass is 10.0. The average Bonchev–Trinajstić information content (AvgIpc) is 2.38. The Morgan fingerprint density at radius 2 is 1.90 bits per heavy atom. The van der Waals surface area contributed by atoms with Gasteiger partial charge in [-0.2, -0.15) is 0 Å². The van der Waals surface area contributed by atoms with Gasteiger partial charge >= 0.3 is 5.97 Å². The molecule has 0 aliphatic carbocycles. The molecule has 104 valence electrons.